The van der Waals surface area contributed by atoms with Crippen LogP contribution in [0.5, 0.6) is 0 Å². The maximum atomic E-state index is 5.84. The van der Waals surface area contributed by atoms with Crippen molar-refractivity contribution in [2.75, 3.05) is 14.2 Å². The van der Waals surface area contributed by atoms with Crippen molar-refractivity contribution in [3.05, 3.63) is 34.4 Å². The van der Waals surface area contributed by atoms with Crippen molar-refractivity contribution in [2.24, 2.45) is 0 Å². The van der Waals surface area contributed by atoms with E-state index in [0.717, 1.165) is 12.8 Å². The zero-order valence-corrected chi connectivity index (χ0v) is 12.3. The first-order chi connectivity index (χ1) is 8.54. The number of rotatable bonds is 4. The maximum absolute atomic E-state index is 5.84. The summed E-state index contributed by atoms with van der Waals surface area (Å²) in [6.45, 7) is 6.56. The third-order valence-electron chi connectivity index (χ3n) is 4.61. The van der Waals surface area contributed by atoms with Gasteiger partial charge in [-0.3, -0.25) is 0 Å². The van der Waals surface area contributed by atoms with Crippen molar-refractivity contribution in [1.29, 1.82) is 0 Å². The first-order valence-corrected chi connectivity index (χ1v) is 6.84. The summed E-state index contributed by atoms with van der Waals surface area (Å²) in [6.07, 6.45) is 3.58. The van der Waals surface area contributed by atoms with Gasteiger partial charge in [0.2, 0.25) is 0 Å². The number of nitrogens with one attached hydrogen (secondary N) is 1. The zero-order chi connectivity index (χ0) is 13.3. The van der Waals surface area contributed by atoms with E-state index in [4.69, 9.17) is 4.74 Å². The Labute approximate surface area is 111 Å². The zero-order valence-electron chi connectivity index (χ0n) is 12.3. The molecule has 1 atom stereocenters. The van der Waals surface area contributed by atoms with Gasteiger partial charge in [-0.1, -0.05) is 12.1 Å². The number of likely N-dealkylation sites (N-methyl/N-ethyl adjacent to an activating group) is 1. The van der Waals surface area contributed by atoms with Crippen LogP contribution in [0.3, 0.4) is 0 Å². The molecular weight excluding hydrogens is 222 g/mol. The van der Waals surface area contributed by atoms with Crippen LogP contribution in [0.1, 0.15) is 47.6 Å². The fourth-order valence-corrected chi connectivity index (χ4v) is 3.13. The van der Waals surface area contributed by atoms with Gasteiger partial charge < -0.3 is 10.1 Å². The van der Waals surface area contributed by atoms with Gasteiger partial charge in [0.15, 0.2) is 0 Å². The number of hydrogen-bond donors (Lipinski definition) is 1. The number of ether oxygens (including phenoxy) is 1. The van der Waals surface area contributed by atoms with Gasteiger partial charge >= 0.3 is 0 Å². The third-order valence-corrected chi connectivity index (χ3v) is 4.61. The van der Waals surface area contributed by atoms with Crippen LogP contribution in [0.2, 0.25) is 0 Å². The quantitative estimate of drug-likeness (QED) is 0.880. The molecule has 0 spiro atoms. The third kappa shape index (κ3) is 2.08. The first-order valence-electron chi connectivity index (χ1n) is 6.84. The molecule has 2 nitrogen and oxygen atoms in total. The Bertz CT molecular complexity index is 429. The minimum atomic E-state index is 0.00120. The summed E-state index contributed by atoms with van der Waals surface area (Å²) < 4.78 is 5.84. The van der Waals surface area contributed by atoms with Crippen molar-refractivity contribution in [1.82, 2.24) is 5.32 Å². The maximum Gasteiger partial charge on any atom is 0.0872 e. The Morgan fingerprint density at radius 3 is 2.17 bits per heavy atom. The monoisotopic (exact) mass is 247 g/mol. The molecule has 1 aliphatic carbocycles. The lowest BCUT2D eigenvalue weighted by Crippen LogP contribution is -2.50. The molecule has 2 heteroatoms. The molecular formula is C16H25NO. The number of benzene rings is 1. The lowest BCUT2D eigenvalue weighted by Gasteiger charge is -2.47. The second kappa shape index (κ2) is 5.02. The minimum Gasteiger partial charge on any atom is -0.376 e. The van der Waals surface area contributed by atoms with Crippen molar-refractivity contribution in [3.8, 4) is 0 Å². The Kier molecular flexibility index (Phi) is 3.79. The van der Waals surface area contributed by atoms with Gasteiger partial charge in [-0.15, -0.1) is 0 Å². The van der Waals surface area contributed by atoms with Crippen LogP contribution in [-0.2, 0) is 4.74 Å². The summed E-state index contributed by atoms with van der Waals surface area (Å²) in [6, 6.07) is 4.91. The summed E-state index contributed by atoms with van der Waals surface area (Å²) in [7, 11) is 3.89. The van der Waals surface area contributed by atoms with Crippen molar-refractivity contribution in [2.45, 2.75) is 51.7 Å². The molecule has 0 saturated heterocycles. The van der Waals surface area contributed by atoms with E-state index in [1.54, 1.807) is 0 Å². The summed E-state index contributed by atoms with van der Waals surface area (Å²) in [5.74, 6) is 0. The summed E-state index contributed by atoms with van der Waals surface area (Å²) in [5.41, 5.74) is 5.48. The Balaban J connectivity index is 2.42. The van der Waals surface area contributed by atoms with Crippen molar-refractivity contribution >= 4 is 0 Å². The van der Waals surface area contributed by atoms with E-state index in [9.17, 15) is 0 Å². The topological polar surface area (TPSA) is 21.3 Å². The smallest absolute Gasteiger partial charge is 0.0872 e. The molecule has 0 amide bonds. The molecule has 1 fully saturated rings. The van der Waals surface area contributed by atoms with Crippen LogP contribution in [0, 0.1) is 20.8 Å². The molecule has 18 heavy (non-hydrogen) atoms. The van der Waals surface area contributed by atoms with E-state index in [0.29, 0.717) is 6.04 Å². The molecule has 0 bridgehead atoms. The van der Waals surface area contributed by atoms with Gasteiger partial charge in [0.25, 0.3) is 0 Å². The number of aryl methyl sites for hydroxylation is 3. The fraction of sp³-hybridized carbons (Fsp3) is 0.625. The highest BCUT2D eigenvalue weighted by atomic mass is 16.5. The molecule has 1 unspecified atom stereocenters. The molecule has 1 aliphatic rings. The minimum absolute atomic E-state index is 0.00120. The van der Waals surface area contributed by atoms with Gasteiger partial charge in [0, 0.05) is 7.11 Å². The second-order valence-corrected chi connectivity index (χ2v) is 5.64. The molecule has 1 N–H and O–H groups in total. The highest BCUT2D eigenvalue weighted by Crippen LogP contribution is 2.45. The average molecular weight is 247 g/mol. The molecule has 0 aromatic heterocycles. The lowest BCUT2D eigenvalue weighted by molar-refractivity contribution is -0.0984. The standard InChI is InChI=1S/C16H25NO/c1-11-9-13(3)14(10-12(11)2)15(17-4)16(18-5)7-6-8-16/h9-10,15,17H,6-8H2,1-5H3. The molecule has 1 aromatic carbocycles. The predicted octanol–water partition coefficient (Wildman–Crippen LogP) is 3.44. The highest BCUT2D eigenvalue weighted by Gasteiger charge is 2.45. The van der Waals surface area contributed by atoms with Gasteiger partial charge in [0.1, 0.15) is 0 Å². The highest BCUT2D eigenvalue weighted by molar-refractivity contribution is 5.39. The summed E-state index contributed by atoms with van der Waals surface area (Å²) in [5, 5.41) is 3.47. The van der Waals surface area contributed by atoms with Crippen LogP contribution in [-0.4, -0.2) is 19.8 Å². The van der Waals surface area contributed by atoms with Crippen LogP contribution < -0.4 is 5.32 Å². The summed E-state index contributed by atoms with van der Waals surface area (Å²) in [4.78, 5) is 0. The normalized spacial score (nSPS) is 19.4. The Hall–Kier alpha value is -0.860. The first kappa shape index (κ1) is 13.6. The van der Waals surface area contributed by atoms with Crippen LogP contribution in [0.15, 0.2) is 12.1 Å². The van der Waals surface area contributed by atoms with E-state index < -0.39 is 0 Å². The molecule has 2 rings (SSSR count). The Morgan fingerprint density at radius 1 is 1.11 bits per heavy atom. The fourth-order valence-electron chi connectivity index (χ4n) is 3.13. The average Bonchev–Trinajstić information content (AvgIpc) is 2.29. The summed E-state index contributed by atoms with van der Waals surface area (Å²) >= 11 is 0. The van der Waals surface area contributed by atoms with E-state index in [1.807, 2.05) is 14.2 Å². The Morgan fingerprint density at radius 2 is 1.72 bits per heavy atom. The van der Waals surface area contributed by atoms with E-state index >= 15 is 0 Å². The van der Waals surface area contributed by atoms with Crippen LogP contribution in [0.4, 0.5) is 0 Å². The van der Waals surface area contributed by atoms with Crippen LogP contribution in [0.25, 0.3) is 0 Å². The van der Waals surface area contributed by atoms with Crippen molar-refractivity contribution in [3.63, 3.8) is 0 Å². The van der Waals surface area contributed by atoms with Gasteiger partial charge in [0.05, 0.1) is 11.6 Å². The largest absolute Gasteiger partial charge is 0.376 e. The molecule has 1 saturated carbocycles. The van der Waals surface area contributed by atoms with Gasteiger partial charge in [-0.25, -0.2) is 0 Å². The van der Waals surface area contributed by atoms with E-state index in [-0.39, 0.29) is 5.60 Å². The number of hydrogen-bond acceptors (Lipinski definition) is 2. The van der Waals surface area contributed by atoms with Gasteiger partial charge in [-0.05, 0) is 69.3 Å². The second-order valence-electron chi connectivity index (χ2n) is 5.64. The SMILES string of the molecule is CNC(c1cc(C)c(C)cc1C)C1(OC)CCC1. The number of methoxy groups -OCH3 is 1. The van der Waals surface area contributed by atoms with E-state index in [2.05, 4.69) is 38.2 Å². The van der Waals surface area contributed by atoms with Crippen LogP contribution >= 0.6 is 0 Å². The predicted molar refractivity (Wildman–Crippen MR) is 76.0 cm³/mol. The molecule has 0 aliphatic heterocycles. The molecule has 0 heterocycles. The van der Waals surface area contributed by atoms with Crippen molar-refractivity contribution < 1.29 is 4.74 Å². The van der Waals surface area contributed by atoms with Gasteiger partial charge in [-0.2, -0.15) is 0 Å². The lowest BCUT2D eigenvalue weighted by atomic mass is 9.71. The molecule has 0 radical (unpaired) electrons. The molecule has 1 aromatic rings. The molecule has 100 valence electrons. The van der Waals surface area contributed by atoms with E-state index in [1.165, 1.54) is 28.7 Å².